The van der Waals surface area contributed by atoms with E-state index in [2.05, 4.69) is 16.0 Å². The molecule has 3 aromatic rings. The number of hydrogen-bond donors (Lipinski definition) is 3. The van der Waals surface area contributed by atoms with Crippen molar-refractivity contribution in [3.8, 4) is 5.75 Å². The number of aryl methyl sites for hydroxylation is 1. The summed E-state index contributed by atoms with van der Waals surface area (Å²) in [5.41, 5.74) is 2.20. The van der Waals surface area contributed by atoms with Gasteiger partial charge in [-0.1, -0.05) is 24.3 Å². The molecule has 0 aliphatic carbocycles. The maximum Gasteiger partial charge on any atom is 0.311 e. The Morgan fingerprint density at radius 2 is 1.64 bits per heavy atom. The second-order valence-electron chi connectivity index (χ2n) is 6.90. The molecule has 3 rings (SSSR count). The summed E-state index contributed by atoms with van der Waals surface area (Å²) in [4.78, 5) is 35.5. The molecule has 0 bridgehead atoms. The summed E-state index contributed by atoms with van der Waals surface area (Å²) in [6, 6.07) is 17.9. The first kappa shape index (κ1) is 23.4. The molecule has 0 aliphatic rings. The third-order valence-corrected chi connectivity index (χ3v) is 4.84. The van der Waals surface area contributed by atoms with E-state index >= 15 is 0 Å². The quantitative estimate of drug-likeness (QED) is 0.282. The summed E-state index contributed by atoms with van der Waals surface area (Å²) in [6.07, 6.45) is 0. The van der Waals surface area contributed by atoms with Crippen LogP contribution in [0.25, 0.3) is 0 Å². The molecule has 0 saturated heterocycles. The number of amides is 2. The molecule has 168 valence electrons. The molecular formula is C23H20N4O5S. The molecule has 3 N–H and O–H groups in total. The number of nitro groups is 1. The Hall–Kier alpha value is -4.31. The first-order chi connectivity index (χ1) is 15.8. The number of nitrogens with one attached hydrogen (secondary N) is 3. The number of anilines is 2. The lowest BCUT2D eigenvalue weighted by molar-refractivity contribution is -0.385. The van der Waals surface area contributed by atoms with Crippen LogP contribution in [-0.4, -0.2) is 29.0 Å². The zero-order chi connectivity index (χ0) is 24.0. The van der Waals surface area contributed by atoms with E-state index in [1.165, 1.54) is 19.2 Å². The first-order valence-corrected chi connectivity index (χ1v) is 10.1. The second kappa shape index (κ2) is 10.3. The molecule has 2 amide bonds. The van der Waals surface area contributed by atoms with Gasteiger partial charge in [-0.2, -0.15) is 0 Å². The number of hydrogen-bond acceptors (Lipinski definition) is 6. The van der Waals surface area contributed by atoms with E-state index in [4.69, 9.17) is 17.0 Å². The molecular weight excluding hydrogens is 444 g/mol. The van der Waals surface area contributed by atoms with Crippen molar-refractivity contribution in [1.29, 1.82) is 0 Å². The van der Waals surface area contributed by atoms with E-state index in [9.17, 15) is 19.7 Å². The maximum absolute atomic E-state index is 12.5. The van der Waals surface area contributed by atoms with Crippen LogP contribution in [0.3, 0.4) is 0 Å². The molecule has 0 atom stereocenters. The molecule has 0 radical (unpaired) electrons. The van der Waals surface area contributed by atoms with Gasteiger partial charge in [-0.3, -0.25) is 25.0 Å². The monoisotopic (exact) mass is 464 g/mol. The Kier molecular flexibility index (Phi) is 7.31. The predicted molar refractivity (Wildman–Crippen MR) is 129 cm³/mol. The normalized spacial score (nSPS) is 10.1. The van der Waals surface area contributed by atoms with Gasteiger partial charge in [-0.25, -0.2) is 0 Å². The van der Waals surface area contributed by atoms with Crippen molar-refractivity contribution < 1.29 is 19.2 Å². The lowest BCUT2D eigenvalue weighted by Crippen LogP contribution is -2.34. The Morgan fingerprint density at radius 3 is 2.30 bits per heavy atom. The summed E-state index contributed by atoms with van der Waals surface area (Å²) in [6.45, 7) is 1.85. The van der Waals surface area contributed by atoms with E-state index < -0.39 is 10.8 Å². The van der Waals surface area contributed by atoms with Crippen LogP contribution in [0.15, 0.2) is 66.7 Å². The number of benzene rings is 3. The Bertz CT molecular complexity index is 1250. The summed E-state index contributed by atoms with van der Waals surface area (Å²) in [5, 5.41) is 19.3. The number of carbonyl (C=O) groups is 2. The summed E-state index contributed by atoms with van der Waals surface area (Å²) in [5.74, 6) is -0.827. The topological polar surface area (TPSA) is 123 Å². The SMILES string of the molecule is COc1ccc(C(=O)NC(=S)Nc2cccc(NC(=O)c3ccccc3C)c2)cc1[N+](=O)[O-]. The largest absolute Gasteiger partial charge is 0.490 e. The Balaban J connectivity index is 1.66. The van der Waals surface area contributed by atoms with Crippen LogP contribution in [0.2, 0.25) is 0 Å². The van der Waals surface area contributed by atoms with Gasteiger partial charge < -0.3 is 15.4 Å². The van der Waals surface area contributed by atoms with Gasteiger partial charge in [0.2, 0.25) is 0 Å². The minimum atomic E-state index is -0.636. The maximum atomic E-state index is 12.5. The molecule has 9 nitrogen and oxygen atoms in total. The van der Waals surface area contributed by atoms with Crippen LogP contribution < -0.4 is 20.7 Å². The Labute approximate surface area is 194 Å². The van der Waals surface area contributed by atoms with Gasteiger partial charge >= 0.3 is 5.69 Å². The van der Waals surface area contributed by atoms with E-state index in [0.717, 1.165) is 11.6 Å². The van der Waals surface area contributed by atoms with E-state index in [1.807, 2.05) is 19.1 Å². The average molecular weight is 465 g/mol. The number of nitro benzene ring substituents is 1. The number of carbonyl (C=O) groups excluding carboxylic acids is 2. The molecule has 0 unspecified atom stereocenters. The standard InChI is InChI=1S/C23H20N4O5S/c1-14-6-3-4-9-18(14)22(29)24-16-7-5-8-17(13-16)25-23(33)26-21(28)15-10-11-20(32-2)19(12-15)27(30)31/h3-13H,1-2H3,(H,24,29)(H2,25,26,28,33). The van der Waals surface area contributed by atoms with Gasteiger partial charge in [0, 0.05) is 28.6 Å². The van der Waals surface area contributed by atoms with Crippen LogP contribution in [0.4, 0.5) is 17.1 Å². The molecule has 0 aliphatic heterocycles. The molecule has 0 saturated carbocycles. The number of thiocarbonyl (C=S) groups is 1. The Morgan fingerprint density at radius 1 is 0.939 bits per heavy atom. The van der Waals surface area contributed by atoms with Crippen LogP contribution >= 0.6 is 12.2 Å². The molecule has 0 aromatic heterocycles. The molecule has 0 heterocycles. The van der Waals surface area contributed by atoms with Gasteiger partial charge in [0.25, 0.3) is 11.8 Å². The number of nitrogens with zero attached hydrogens (tertiary/aromatic N) is 1. The fraction of sp³-hybridized carbons (Fsp3) is 0.0870. The van der Waals surface area contributed by atoms with E-state index in [-0.39, 0.29) is 28.0 Å². The zero-order valence-electron chi connectivity index (χ0n) is 17.7. The third-order valence-electron chi connectivity index (χ3n) is 4.63. The molecule has 0 spiro atoms. The van der Waals surface area contributed by atoms with Gasteiger partial charge in [-0.05, 0) is 61.1 Å². The van der Waals surface area contributed by atoms with Crippen molar-refractivity contribution in [2.45, 2.75) is 6.92 Å². The number of ether oxygens (including phenoxy) is 1. The predicted octanol–water partition coefficient (Wildman–Crippen LogP) is 4.29. The molecule has 33 heavy (non-hydrogen) atoms. The van der Waals surface area contributed by atoms with Gasteiger partial charge in [-0.15, -0.1) is 0 Å². The number of rotatable bonds is 6. The highest BCUT2D eigenvalue weighted by Gasteiger charge is 2.19. The molecule has 0 fully saturated rings. The van der Waals surface area contributed by atoms with Gasteiger partial charge in [0.15, 0.2) is 10.9 Å². The van der Waals surface area contributed by atoms with Gasteiger partial charge in [0.1, 0.15) is 0 Å². The van der Waals surface area contributed by atoms with Gasteiger partial charge in [0.05, 0.1) is 12.0 Å². The highest BCUT2D eigenvalue weighted by molar-refractivity contribution is 7.80. The van der Waals surface area contributed by atoms with Crippen molar-refractivity contribution in [3.05, 3.63) is 93.5 Å². The van der Waals surface area contributed by atoms with Crippen molar-refractivity contribution in [3.63, 3.8) is 0 Å². The van der Waals surface area contributed by atoms with Crippen molar-refractivity contribution in [1.82, 2.24) is 5.32 Å². The molecule has 10 heteroatoms. The smallest absolute Gasteiger partial charge is 0.311 e. The van der Waals surface area contributed by atoms with Crippen LogP contribution in [0.5, 0.6) is 5.75 Å². The van der Waals surface area contributed by atoms with Crippen LogP contribution in [0.1, 0.15) is 26.3 Å². The summed E-state index contributed by atoms with van der Waals surface area (Å²) in [7, 11) is 1.30. The fourth-order valence-corrected chi connectivity index (χ4v) is 3.22. The van der Waals surface area contributed by atoms with Crippen LogP contribution in [-0.2, 0) is 0 Å². The first-order valence-electron chi connectivity index (χ1n) is 9.70. The van der Waals surface area contributed by atoms with E-state index in [1.54, 1.807) is 36.4 Å². The van der Waals surface area contributed by atoms with E-state index in [0.29, 0.717) is 16.9 Å². The van der Waals surface area contributed by atoms with Crippen molar-refractivity contribution in [2.75, 3.05) is 17.7 Å². The van der Waals surface area contributed by atoms with Crippen LogP contribution in [0, 0.1) is 17.0 Å². The van der Waals surface area contributed by atoms with Crippen molar-refractivity contribution in [2.24, 2.45) is 0 Å². The highest BCUT2D eigenvalue weighted by Crippen LogP contribution is 2.27. The zero-order valence-corrected chi connectivity index (χ0v) is 18.6. The third kappa shape index (κ3) is 5.89. The minimum Gasteiger partial charge on any atom is -0.490 e. The lowest BCUT2D eigenvalue weighted by Gasteiger charge is -2.12. The second-order valence-corrected chi connectivity index (χ2v) is 7.31. The number of methoxy groups -OCH3 is 1. The van der Waals surface area contributed by atoms with Crippen molar-refractivity contribution >= 4 is 46.2 Å². The average Bonchev–Trinajstić information content (AvgIpc) is 2.78. The summed E-state index contributed by atoms with van der Waals surface area (Å²) < 4.78 is 4.93. The summed E-state index contributed by atoms with van der Waals surface area (Å²) >= 11 is 5.18. The highest BCUT2D eigenvalue weighted by atomic mass is 32.1. The lowest BCUT2D eigenvalue weighted by atomic mass is 10.1. The fourth-order valence-electron chi connectivity index (χ4n) is 3.01. The minimum absolute atomic E-state index is 0.0131. The molecule has 3 aromatic carbocycles.